The largest absolute Gasteiger partial charge is 0.468 e. The third-order valence-corrected chi connectivity index (χ3v) is 6.97. The fourth-order valence-electron chi connectivity index (χ4n) is 4.86. The number of aromatic nitrogens is 1. The van der Waals surface area contributed by atoms with Crippen LogP contribution in [0.5, 0.6) is 0 Å². The van der Waals surface area contributed by atoms with Crippen LogP contribution in [0.2, 0.25) is 0 Å². The zero-order valence-electron chi connectivity index (χ0n) is 22.9. The van der Waals surface area contributed by atoms with Crippen molar-refractivity contribution in [2.45, 2.75) is 31.9 Å². The van der Waals surface area contributed by atoms with E-state index in [0.717, 1.165) is 36.2 Å². The lowest BCUT2D eigenvalue weighted by atomic mass is 9.75. The van der Waals surface area contributed by atoms with E-state index in [1.807, 2.05) is 54.6 Å². The number of fused-ring (bicyclic) bond motifs is 1. The molecule has 4 rings (SSSR count). The van der Waals surface area contributed by atoms with E-state index < -0.39 is 41.7 Å². The Hall–Kier alpha value is -4.92. The SMILES string of the molecule is COC(=O)C(CC(=O)C(Cc1c[nH]c2ccccc12)NC(=O)OCc1ccccc1)(Cc1ccccc1)C(=O)OC. The molecule has 0 bridgehead atoms. The standard InChI is InChI=1S/C32H32N2O7/c1-39-29(36)32(30(37)40-2,18-22-11-5-3-6-12-22)19-28(35)27(17-24-20-33-26-16-10-9-15-25(24)26)34-31(38)41-21-23-13-7-4-8-14-23/h3-16,20,27,33H,17-19,21H2,1-2H3,(H,34,38). The predicted molar refractivity (Wildman–Crippen MR) is 152 cm³/mol. The highest BCUT2D eigenvalue weighted by Gasteiger charge is 2.51. The molecule has 1 amide bonds. The number of alkyl carbamates (subject to hydrolysis) is 1. The fourth-order valence-corrected chi connectivity index (χ4v) is 4.86. The summed E-state index contributed by atoms with van der Waals surface area (Å²) in [5.74, 6) is -2.36. The van der Waals surface area contributed by atoms with Gasteiger partial charge in [-0.3, -0.25) is 14.4 Å². The lowest BCUT2D eigenvalue weighted by molar-refractivity contribution is -0.171. The molecule has 212 valence electrons. The number of hydrogen-bond acceptors (Lipinski definition) is 7. The Kier molecular flexibility index (Phi) is 9.52. The van der Waals surface area contributed by atoms with Crippen LogP contribution in [0, 0.1) is 5.41 Å². The molecule has 3 aromatic carbocycles. The van der Waals surface area contributed by atoms with Crippen LogP contribution in [-0.4, -0.2) is 49.1 Å². The van der Waals surface area contributed by atoms with Crippen molar-refractivity contribution in [3.05, 3.63) is 108 Å². The second-order valence-corrected chi connectivity index (χ2v) is 9.69. The molecule has 0 radical (unpaired) electrons. The third kappa shape index (κ3) is 7.00. The van der Waals surface area contributed by atoms with Crippen molar-refractivity contribution in [3.8, 4) is 0 Å². The van der Waals surface area contributed by atoms with Crippen molar-refractivity contribution >= 4 is 34.7 Å². The van der Waals surface area contributed by atoms with Gasteiger partial charge in [-0.2, -0.15) is 0 Å². The molecule has 9 nitrogen and oxygen atoms in total. The van der Waals surface area contributed by atoms with Gasteiger partial charge < -0.3 is 24.5 Å². The van der Waals surface area contributed by atoms with E-state index in [0.29, 0.717) is 5.56 Å². The summed E-state index contributed by atoms with van der Waals surface area (Å²) in [6.45, 7) is 0.00291. The molecule has 0 aliphatic heterocycles. The Morgan fingerprint density at radius 2 is 1.39 bits per heavy atom. The molecular formula is C32H32N2O7. The van der Waals surface area contributed by atoms with Crippen LogP contribution in [-0.2, 0) is 48.0 Å². The van der Waals surface area contributed by atoms with E-state index >= 15 is 0 Å². The number of methoxy groups -OCH3 is 2. The molecule has 1 heterocycles. The maximum Gasteiger partial charge on any atom is 0.408 e. The number of carbonyl (C=O) groups excluding carboxylic acids is 4. The lowest BCUT2D eigenvalue weighted by Gasteiger charge is -2.29. The normalized spacial score (nSPS) is 11.9. The van der Waals surface area contributed by atoms with Gasteiger partial charge in [0.25, 0.3) is 0 Å². The zero-order chi connectivity index (χ0) is 29.2. The van der Waals surface area contributed by atoms with Crippen LogP contribution >= 0.6 is 0 Å². The Bertz CT molecular complexity index is 1480. The molecule has 41 heavy (non-hydrogen) atoms. The Morgan fingerprint density at radius 1 is 0.805 bits per heavy atom. The number of para-hydroxylation sites is 1. The topological polar surface area (TPSA) is 124 Å². The number of benzene rings is 3. The van der Waals surface area contributed by atoms with Gasteiger partial charge in [-0.05, 0) is 29.2 Å². The van der Waals surface area contributed by atoms with Crippen molar-refractivity contribution in [3.63, 3.8) is 0 Å². The van der Waals surface area contributed by atoms with Gasteiger partial charge in [0.1, 0.15) is 6.61 Å². The van der Waals surface area contributed by atoms with Crippen molar-refractivity contribution in [2.24, 2.45) is 5.41 Å². The van der Waals surface area contributed by atoms with Gasteiger partial charge in [-0.25, -0.2) is 4.79 Å². The summed E-state index contributed by atoms with van der Waals surface area (Å²) in [6, 6.07) is 24.4. The van der Waals surface area contributed by atoms with Crippen LogP contribution < -0.4 is 5.32 Å². The highest BCUT2D eigenvalue weighted by atomic mass is 16.6. The maximum absolute atomic E-state index is 14.0. The molecule has 1 atom stereocenters. The molecule has 9 heteroatoms. The third-order valence-electron chi connectivity index (χ3n) is 6.97. The van der Waals surface area contributed by atoms with E-state index in [9.17, 15) is 19.2 Å². The minimum atomic E-state index is -1.96. The summed E-state index contributed by atoms with van der Waals surface area (Å²) >= 11 is 0. The average Bonchev–Trinajstić information content (AvgIpc) is 3.42. The van der Waals surface area contributed by atoms with Crippen LogP contribution in [0.1, 0.15) is 23.1 Å². The molecule has 0 spiro atoms. The molecule has 1 unspecified atom stereocenters. The van der Waals surface area contributed by atoms with Crippen molar-refractivity contribution in [1.82, 2.24) is 10.3 Å². The monoisotopic (exact) mass is 556 g/mol. The van der Waals surface area contributed by atoms with Gasteiger partial charge in [0.15, 0.2) is 11.2 Å². The number of hydrogen-bond donors (Lipinski definition) is 2. The molecule has 0 aliphatic rings. The summed E-state index contributed by atoms with van der Waals surface area (Å²) < 4.78 is 15.4. The first-order valence-electron chi connectivity index (χ1n) is 13.1. The molecule has 0 fully saturated rings. The Balaban J connectivity index is 1.64. The number of ketones is 1. The molecule has 0 aliphatic carbocycles. The minimum absolute atomic E-state index is 0.00291. The number of esters is 2. The van der Waals surface area contributed by atoms with Crippen molar-refractivity contribution in [2.75, 3.05) is 14.2 Å². The first kappa shape index (κ1) is 29.1. The van der Waals surface area contributed by atoms with Crippen LogP contribution in [0.15, 0.2) is 91.1 Å². The summed E-state index contributed by atoms with van der Waals surface area (Å²) in [6.07, 6.45) is 0.355. The Labute approximate surface area is 237 Å². The number of carbonyl (C=O) groups is 4. The summed E-state index contributed by atoms with van der Waals surface area (Å²) in [4.78, 5) is 56.4. The van der Waals surface area contributed by atoms with Gasteiger partial charge >= 0.3 is 18.0 Å². The van der Waals surface area contributed by atoms with E-state index in [4.69, 9.17) is 14.2 Å². The van der Waals surface area contributed by atoms with Crippen LogP contribution in [0.3, 0.4) is 0 Å². The van der Waals surface area contributed by atoms with Crippen molar-refractivity contribution in [1.29, 1.82) is 0 Å². The van der Waals surface area contributed by atoms with Gasteiger partial charge in [0.2, 0.25) is 0 Å². The first-order valence-corrected chi connectivity index (χ1v) is 13.1. The van der Waals surface area contributed by atoms with E-state index in [1.54, 1.807) is 36.5 Å². The Morgan fingerprint density at radius 3 is 2.02 bits per heavy atom. The highest BCUT2D eigenvalue weighted by molar-refractivity contribution is 6.05. The highest BCUT2D eigenvalue weighted by Crippen LogP contribution is 2.32. The smallest absolute Gasteiger partial charge is 0.408 e. The first-order chi connectivity index (χ1) is 19.9. The van der Waals surface area contributed by atoms with E-state index in [2.05, 4.69) is 10.3 Å². The number of aromatic amines is 1. The van der Waals surface area contributed by atoms with Gasteiger partial charge in [0.05, 0.1) is 20.3 Å². The van der Waals surface area contributed by atoms with E-state index in [-0.39, 0.29) is 19.4 Å². The van der Waals surface area contributed by atoms with E-state index in [1.165, 1.54) is 0 Å². The van der Waals surface area contributed by atoms with Crippen molar-refractivity contribution < 1.29 is 33.4 Å². The number of ether oxygens (including phenoxy) is 3. The number of rotatable bonds is 12. The summed E-state index contributed by atoms with van der Waals surface area (Å²) in [5.41, 5.74) is 1.09. The molecule has 0 saturated heterocycles. The number of H-pyrrole nitrogens is 1. The molecule has 2 N–H and O–H groups in total. The van der Waals surface area contributed by atoms with Crippen LogP contribution in [0.4, 0.5) is 4.79 Å². The van der Waals surface area contributed by atoms with Gasteiger partial charge in [-0.15, -0.1) is 0 Å². The fraction of sp³-hybridized carbons (Fsp3) is 0.250. The summed E-state index contributed by atoms with van der Waals surface area (Å²) in [5, 5.41) is 3.54. The lowest BCUT2D eigenvalue weighted by Crippen LogP contribution is -2.50. The number of amides is 1. The average molecular weight is 557 g/mol. The molecule has 0 saturated carbocycles. The zero-order valence-corrected chi connectivity index (χ0v) is 22.9. The van der Waals surface area contributed by atoms with Crippen LogP contribution in [0.25, 0.3) is 10.9 Å². The summed E-state index contributed by atoms with van der Waals surface area (Å²) in [7, 11) is 2.30. The second-order valence-electron chi connectivity index (χ2n) is 9.69. The van der Waals surface area contributed by atoms with Gasteiger partial charge in [-0.1, -0.05) is 78.9 Å². The molecular weight excluding hydrogens is 524 g/mol. The number of Topliss-reactive ketones (excluding diaryl/α,β-unsaturated/α-hetero) is 1. The molecule has 1 aromatic heterocycles. The quantitative estimate of drug-likeness (QED) is 0.149. The number of nitrogens with one attached hydrogen (secondary N) is 2. The minimum Gasteiger partial charge on any atom is -0.468 e. The second kappa shape index (κ2) is 13.4. The van der Waals surface area contributed by atoms with Gasteiger partial charge in [0, 0.05) is 29.9 Å². The predicted octanol–water partition coefficient (Wildman–Crippen LogP) is 4.54. The maximum atomic E-state index is 14.0. The molecule has 4 aromatic rings.